The van der Waals surface area contributed by atoms with Crippen LogP contribution in [0.2, 0.25) is 0 Å². The van der Waals surface area contributed by atoms with Crippen molar-refractivity contribution in [2.75, 3.05) is 11.8 Å². The molecule has 1 aromatic rings. The SMILES string of the molecule is CCC(CCl)(CCl)NC(=O)c1ccc(C(F)(F)F)cc1. The first-order valence-electron chi connectivity index (χ1n) is 5.89. The zero-order chi connectivity index (χ0) is 15.4. The Hall–Kier alpha value is -0.940. The van der Waals surface area contributed by atoms with Gasteiger partial charge in [0.2, 0.25) is 0 Å². The van der Waals surface area contributed by atoms with Gasteiger partial charge in [-0.25, -0.2) is 0 Å². The largest absolute Gasteiger partial charge is 0.416 e. The predicted octanol–water partition coefficient (Wildman–Crippen LogP) is 4.06. The zero-order valence-corrected chi connectivity index (χ0v) is 12.2. The minimum atomic E-state index is -4.42. The molecule has 0 saturated carbocycles. The van der Waals surface area contributed by atoms with Crippen LogP contribution in [0.3, 0.4) is 0 Å². The monoisotopic (exact) mass is 327 g/mol. The normalized spacial score (nSPS) is 12.3. The van der Waals surface area contributed by atoms with E-state index < -0.39 is 23.2 Å². The third-order valence-electron chi connectivity index (χ3n) is 3.04. The molecule has 0 spiro atoms. The Morgan fingerprint density at radius 3 is 2.00 bits per heavy atom. The predicted molar refractivity (Wildman–Crippen MR) is 73.4 cm³/mol. The molecule has 0 fully saturated rings. The van der Waals surface area contributed by atoms with Crippen LogP contribution in [0.5, 0.6) is 0 Å². The van der Waals surface area contributed by atoms with Gasteiger partial charge in [0.15, 0.2) is 0 Å². The lowest BCUT2D eigenvalue weighted by atomic mass is 10.0. The molecule has 0 heterocycles. The standard InChI is InChI=1S/C13H14Cl2F3NO/c1-2-12(7-14,8-15)19-11(20)9-3-5-10(6-4-9)13(16,17)18/h3-6H,2,7-8H2,1H3,(H,19,20). The fourth-order valence-corrected chi connectivity index (χ4v) is 2.30. The van der Waals surface area contributed by atoms with Gasteiger partial charge in [0.05, 0.1) is 11.1 Å². The summed E-state index contributed by atoms with van der Waals surface area (Å²) >= 11 is 11.6. The first kappa shape index (κ1) is 17.1. The van der Waals surface area contributed by atoms with Crippen LogP contribution in [0.4, 0.5) is 13.2 Å². The molecule has 7 heteroatoms. The molecular weight excluding hydrogens is 314 g/mol. The highest BCUT2D eigenvalue weighted by Gasteiger charge is 2.31. The van der Waals surface area contributed by atoms with E-state index >= 15 is 0 Å². The maximum absolute atomic E-state index is 12.4. The second-order valence-corrected chi connectivity index (χ2v) is 4.96. The van der Waals surface area contributed by atoms with E-state index in [1.165, 1.54) is 0 Å². The van der Waals surface area contributed by atoms with Crippen molar-refractivity contribution < 1.29 is 18.0 Å². The van der Waals surface area contributed by atoms with Gasteiger partial charge in [0, 0.05) is 17.3 Å². The van der Waals surface area contributed by atoms with Gasteiger partial charge in [-0.15, -0.1) is 23.2 Å². The van der Waals surface area contributed by atoms with Gasteiger partial charge in [-0.05, 0) is 30.7 Å². The zero-order valence-electron chi connectivity index (χ0n) is 10.7. The van der Waals surface area contributed by atoms with Crippen LogP contribution in [-0.2, 0) is 6.18 Å². The molecule has 1 aromatic carbocycles. The Labute approximate surface area is 125 Å². The summed E-state index contributed by atoms with van der Waals surface area (Å²) < 4.78 is 37.3. The quantitative estimate of drug-likeness (QED) is 0.812. The van der Waals surface area contributed by atoms with E-state index in [-0.39, 0.29) is 17.3 Å². The first-order chi connectivity index (χ1) is 9.28. The number of carbonyl (C=O) groups is 1. The molecule has 112 valence electrons. The van der Waals surface area contributed by atoms with Crippen LogP contribution >= 0.6 is 23.2 Å². The van der Waals surface area contributed by atoms with Crippen LogP contribution in [0.25, 0.3) is 0 Å². The van der Waals surface area contributed by atoms with Gasteiger partial charge < -0.3 is 5.32 Å². The van der Waals surface area contributed by atoms with Gasteiger partial charge in [-0.1, -0.05) is 6.92 Å². The Morgan fingerprint density at radius 2 is 1.65 bits per heavy atom. The third-order valence-corrected chi connectivity index (χ3v) is 4.06. The van der Waals surface area contributed by atoms with Crippen LogP contribution < -0.4 is 5.32 Å². The summed E-state index contributed by atoms with van der Waals surface area (Å²) in [4.78, 5) is 12.0. The minimum absolute atomic E-state index is 0.124. The third kappa shape index (κ3) is 4.03. The second kappa shape index (κ2) is 6.68. The van der Waals surface area contributed by atoms with E-state index in [0.29, 0.717) is 6.42 Å². The molecule has 0 radical (unpaired) electrons. The topological polar surface area (TPSA) is 29.1 Å². The fourth-order valence-electron chi connectivity index (χ4n) is 1.50. The number of nitrogens with one attached hydrogen (secondary N) is 1. The smallest absolute Gasteiger partial charge is 0.344 e. The van der Waals surface area contributed by atoms with Gasteiger partial charge in [-0.3, -0.25) is 4.79 Å². The molecule has 1 amide bonds. The molecular formula is C13H14Cl2F3NO. The summed E-state index contributed by atoms with van der Waals surface area (Å²) in [5, 5.41) is 2.67. The van der Waals surface area contributed by atoms with E-state index in [9.17, 15) is 18.0 Å². The fraction of sp³-hybridized carbons (Fsp3) is 0.462. The molecule has 20 heavy (non-hydrogen) atoms. The maximum atomic E-state index is 12.4. The molecule has 0 aliphatic carbocycles. The van der Waals surface area contributed by atoms with Gasteiger partial charge in [0.1, 0.15) is 0 Å². The molecule has 2 nitrogen and oxygen atoms in total. The van der Waals surface area contributed by atoms with Crippen molar-refractivity contribution in [3.63, 3.8) is 0 Å². The molecule has 0 bridgehead atoms. The van der Waals surface area contributed by atoms with Gasteiger partial charge >= 0.3 is 6.18 Å². The van der Waals surface area contributed by atoms with Crippen molar-refractivity contribution in [1.82, 2.24) is 5.32 Å². The number of alkyl halides is 5. The molecule has 0 saturated heterocycles. The Bertz CT molecular complexity index is 447. The van der Waals surface area contributed by atoms with Crippen molar-refractivity contribution in [3.8, 4) is 0 Å². The van der Waals surface area contributed by atoms with Gasteiger partial charge in [-0.2, -0.15) is 13.2 Å². The highest BCUT2D eigenvalue weighted by atomic mass is 35.5. The number of benzene rings is 1. The molecule has 0 aliphatic heterocycles. The van der Waals surface area contributed by atoms with Crippen molar-refractivity contribution >= 4 is 29.1 Å². The van der Waals surface area contributed by atoms with Crippen molar-refractivity contribution in [2.24, 2.45) is 0 Å². The summed E-state index contributed by atoms with van der Waals surface area (Å²) in [5.41, 5.74) is -1.43. The Kier molecular flexibility index (Phi) is 5.71. The van der Waals surface area contributed by atoms with Crippen molar-refractivity contribution in [1.29, 1.82) is 0 Å². The molecule has 1 rings (SSSR count). The van der Waals surface area contributed by atoms with Crippen LogP contribution in [0, 0.1) is 0 Å². The molecule has 0 aliphatic rings. The molecule has 0 unspecified atom stereocenters. The number of amides is 1. The Balaban J connectivity index is 2.88. The average molecular weight is 328 g/mol. The average Bonchev–Trinajstić information content (AvgIpc) is 2.44. The molecule has 0 atom stereocenters. The lowest BCUT2D eigenvalue weighted by molar-refractivity contribution is -0.137. The summed E-state index contributed by atoms with van der Waals surface area (Å²) in [7, 11) is 0. The number of hydrogen-bond donors (Lipinski definition) is 1. The highest BCUT2D eigenvalue weighted by molar-refractivity contribution is 6.22. The molecule has 0 aromatic heterocycles. The van der Waals surface area contributed by atoms with Crippen molar-refractivity contribution in [2.45, 2.75) is 25.1 Å². The summed E-state index contributed by atoms with van der Waals surface area (Å²) in [6, 6.07) is 3.98. The maximum Gasteiger partial charge on any atom is 0.416 e. The summed E-state index contributed by atoms with van der Waals surface area (Å²) in [6.07, 6.45) is -3.90. The van der Waals surface area contributed by atoms with Crippen LogP contribution in [0.15, 0.2) is 24.3 Å². The number of rotatable bonds is 5. The van der Waals surface area contributed by atoms with Gasteiger partial charge in [0.25, 0.3) is 5.91 Å². The van der Waals surface area contributed by atoms with Crippen LogP contribution in [-0.4, -0.2) is 23.2 Å². The lowest BCUT2D eigenvalue weighted by Crippen LogP contribution is -2.51. The number of halogens is 5. The first-order valence-corrected chi connectivity index (χ1v) is 6.96. The lowest BCUT2D eigenvalue weighted by Gasteiger charge is -2.29. The van der Waals surface area contributed by atoms with E-state index in [4.69, 9.17) is 23.2 Å². The van der Waals surface area contributed by atoms with Crippen molar-refractivity contribution in [3.05, 3.63) is 35.4 Å². The minimum Gasteiger partial charge on any atom is -0.344 e. The molecule has 1 N–H and O–H groups in total. The van der Waals surface area contributed by atoms with E-state index in [0.717, 1.165) is 24.3 Å². The highest BCUT2D eigenvalue weighted by Crippen LogP contribution is 2.29. The summed E-state index contributed by atoms with van der Waals surface area (Å²) in [5.74, 6) is -0.250. The number of carbonyl (C=O) groups excluding carboxylic acids is 1. The number of hydrogen-bond acceptors (Lipinski definition) is 1. The van der Waals surface area contributed by atoms with E-state index in [1.54, 1.807) is 0 Å². The van der Waals surface area contributed by atoms with Crippen LogP contribution in [0.1, 0.15) is 29.3 Å². The second-order valence-electron chi connectivity index (χ2n) is 4.43. The van der Waals surface area contributed by atoms with E-state index in [1.807, 2.05) is 6.92 Å². The summed E-state index contributed by atoms with van der Waals surface area (Å²) in [6.45, 7) is 1.82. The van der Waals surface area contributed by atoms with E-state index in [2.05, 4.69) is 5.32 Å². The Morgan fingerprint density at radius 1 is 1.15 bits per heavy atom.